The fourth-order valence-electron chi connectivity index (χ4n) is 4.11. The zero-order valence-electron chi connectivity index (χ0n) is 20.9. The van der Waals surface area contributed by atoms with E-state index < -0.39 is 0 Å². The fourth-order valence-corrected chi connectivity index (χ4v) is 5.28. The summed E-state index contributed by atoms with van der Waals surface area (Å²) in [5, 5.41) is 9.27. The van der Waals surface area contributed by atoms with Gasteiger partial charge >= 0.3 is 0 Å². The van der Waals surface area contributed by atoms with Crippen molar-refractivity contribution in [2.45, 2.75) is 6.92 Å². The Balaban J connectivity index is 1.35. The van der Waals surface area contributed by atoms with E-state index in [-0.39, 0.29) is 5.56 Å². The predicted octanol–water partition coefficient (Wildman–Crippen LogP) is 5.88. The highest BCUT2D eigenvalue weighted by atomic mass is 79.9. The average molecular weight is 597 g/mol. The Labute approximate surface area is 236 Å². The first-order valence-corrected chi connectivity index (χ1v) is 13.9. The Morgan fingerprint density at radius 1 is 0.949 bits per heavy atom. The Kier molecular flexibility index (Phi) is 6.91. The van der Waals surface area contributed by atoms with Crippen LogP contribution in [0.4, 0.5) is 0 Å². The van der Waals surface area contributed by atoms with Gasteiger partial charge in [0.05, 0.1) is 22.5 Å². The highest BCUT2D eigenvalue weighted by molar-refractivity contribution is 9.10. The third-order valence-corrected chi connectivity index (χ3v) is 7.47. The van der Waals surface area contributed by atoms with Crippen molar-refractivity contribution in [2.24, 2.45) is 0 Å². The summed E-state index contributed by atoms with van der Waals surface area (Å²) in [7, 11) is 0. The van der Waals surface area contributed by atoms with Gasteiger partial charge < -0.3 is 4.74 Å². The minimum absolute atomic E-state index is 0.211. The van der Waals surface area contributed by atoms with Gasteiger partial charge in [0.1, 0.15) is 5.75 Å². The molecule has 3 aromatic carbocycles. The molecule has 0 spiro atoms. The second-order valence-corrected chi connectivity index (χ2v) is 10.6. The summed E-state index contributed by atoms with van der Waals surface area (Å²) < 4.78 is 10.2. The minimum atomic E-state index is -0.211. The van der Waals surface area contributed by atoms with Crippen LogP contribution in [-0.2, 0) is 0 Å². The lowest BCUT2D eigenvalue weighted by Crippen LogP contribution is -2.23. The summed E-state index contributed by atoms with van der Waals surface area (Å²) in [6, 6.07) is 25.6. The van der Waals surface area contributed by atoms with E-state index in [1.165, 1.54) is 15.9 Å². The summed E-state index contributed by atoms with van der Waals surface area (Å²) in [6.07, 6.45) is 7.51. The molecule has 3 heterocycles. The van der Waals surface area contributed by atoms with E-state index >= 15 is 0 Å². The van der Waals surface area contributed by atoms with Crippen LogP contribution in [0.5, 0.6) is 5.75 Å². The molecule has 39 heavy (non-hydrogen) atoms. The van der Waals surface area contributed by atoms with Gasteiger partial charge in [-0.05, 0) is 61.0 Å². The number of halogens is 1. The highest BCUT2D eigenvalue weighted by Crippen LogP contribution is 2.26. The molecular formula is C30H22BrN5O2S. The van der Waals surface area contributed by atoms with Gasteiger partial charge in [-0.15, -0.1) is 5.10 Å². The van der Waals surface area contributed by atoms with Crippen LogP contribution in [0.3, 0.4) is 0 Å². The Morgan fingerprint density at radius 2 is 1.72 bits per heavy atom. The van der Waals surface area contributed by atoms with Crippen molar-refractivity contribution in [1.29, 1.82) is 0 Å². The third-order valence-electron chi connectivity index (χ3n) is 5.98. The van der Waals surface area contributed by atoms with Crippen LogP contribution in [0, 0.1) is 0 Å². The van der Waals surface area contributed by atoms with Gasteiger partial charge in [-0.25, -0.2) is 4.68 Å². The SMILES string of the molecule is CCOc1ccc(/C=C/c2nc3s/c(=C\c4cn(-c5ccccc5)nc4-c4ccc(Br)cc4)c(=O)n3n2)cc1. The van der Waals surface area contributed by atoms with Gasteiger partial charge in [-0.3, -0.25) is 4.79 Å². The molecule has 192 valence electrons. The van der Waals surface area contributed by atoms with E-state index in [2.05, 4.69) is 26.0 Å². The zero-order valence-corrected chi connectivity index (χ0v) is 23.3. The topological polar surface area (TPSA) is 74.3 Å². The van der Waals surface area contributed by atoms with Crippen LogP contribution >= 0.6 is 27.3 Å². The molecule has 0 saturated heterocycles. The van der Waals surface area contributed by atoms with Crippen LogP contribution in [-0.4, -0.2) is 31.0 Å². The number of fused-ring (bicyclic) bond motifs is 1. The molecule has 3 aromatic heterocycles. The van der Waals surface area contributed by atoms with E-state index in [0.29, 0.717) is 21.9 Å². The molecule has 0 saturated carbocycles. The second-order valence-electron chi connectivity index (χ2n) is 8.64. The van der Waals surface area contributed by atoms with E-state index in [4.69, 9.17) is 9.84 Å². The largest absolute Gasteiger partial charge is 0.494 e. The molecule has 0 fully saturated rings. The number of ether oxygens (including phenoxy) is 1. The van der Waals surface area contributed by atoms with E-state index in [1.54, 1.807) is 6.08 Å². The second kappa shape index (κ2) is 10.8. The fraction of sp³-hybridized carbons (Fsp3) is 0.0667. The smallest absolute Gasteiger partial charge is 0.291 e. The number of rotatable bonds is 7. The van der Waals surface area contributed by atoms with Crippen molar-refractivity contribution < 1.29 is 4.74 Å². The van der Waals surface area contributed by atoms with Crippen molar-refractivity contribution in [3.63, 3.8) is 0 Å². The molecule has 0 bridgehead atoms. The predicted molar refractivity (Wildman–Crippen MR) is 159 cm³/mol. The molecule has 0 unspecified atom stereocenters. The molecule has 7 nitrogen and oxygen atoms in total. The lowest BCUT2D eigenvalue weighted by molar-refractivity contribution is 0.340. The van der Waals surface area contributed by atoms with Crippen molar-refractivity contribution in [1.82, 2.24) is 24.4 Å². The summed E-state index contributed by atoms with van der Waals surface area (Å²) in [4.78, 5) is 18.4. The lowest BCUT2D eigenvalue weighted by atomic mass is 10.1. The Morgan fingerprint density at radius 3 is 2.44 bits per heavy atom. The first-order chi connectivity index (χ1) is 19.1. The normalized spacial score (nSPS) is 12.1. The maximum Gasteiger partial charge on any atom is 0.291 e. The molecule has 0 N–H and O–H groups in total. The van der Waals surface area contributed by atoms with Crippen molar-refractivity contribution in [3.05, 3.63) is 121 Å². The Hall–Kier alpha value is -4.34. The Bertz CT molecular complexity index is 1890. The first-order valence-electron chi connectivity index (χ1n) is 12.3. The summed E-state index contributed by atoms with van der Waals surface area (Å²) >= 11 is 4.80. The quantitative estimate of drug-likeness (QED) is 0.230. The van der Waals surface area contributed by atoms with Gasteiger partial charge in [0.25, 0.3) is 5.56 Å². The van der Waals surface area contributed by atoms with Crippen molar-refractivity contribution in [3.8, 4) is 22.7 Å². The molecule has 0 amide bonds. The van der Waals surface area contributed by atoms with Crippen LogP contribution in [0.2, 0.25) is 0 Å². The van der Waals surface area contributed by atoms with Crippen LogP contribution in [0.1, 0.15) is 23.9 Å². The standard InChI is InChI=1S/C30H22BrN5O2S/c1-2-38-25-15-8-20(9-16-25)10-17-27-32-30-36(33-27)29(37)26(39-30)18-22-19-35(24-6-4-3-5-7-24)34-28(22)21-11-13-23(31)14-12-21/h3-19H,2H2,1H3/b17-10+,26-18-. The molecular weight excluding hydrogens is 574 g/mol. The van der Waals surface area contributed by atoms with Gasteiger partial charge in [0, 0.05) is 21.8 Å². The number of thiazole rings is 1. The summed E-state index contributed by atoms with van der Waals surface area (Å²) in [6.45, 7) is 2.58. The molecule has 0 aliphatic rings. The molecule has 6 aromatic rings. The monoisotopic (exact) mass is 595 g/mol. The van der Waals surface area contributed by atoms with Gasteiger partial charge in [-0.2, -0.15) is 14.6 Å². The number of nitrogens with zero attached hydrogens (tertiary/aromatic N) is 5. The molecule has 0 aliphatic carbocycles. The van der Waals surface area contributed by atoms with Crippen LogP contribution in [0.15, 0.2) is 94.3 Å². The van der Waals surface area contributed by atoms with Crippen LogP contribution in [0.25, 0.3) is 40.1 Å². The van der Waals surface area contributed by atoms with Crippen molar-refractivity contribution >= 4 is 50.5 Å². The minimum Gasteiger partial charge on any atom is -0.494 e. The third kappa shape index (κ3) is 5.32. The number of para-hydroxylation sites is 1. The molecule has 0 radical (unpaired) electrons. The van der Waals surface area contributed by atoms with Crippen LogP contribution < -0.4 is 14.8 Å². The van der Waals surface area contributed by atoms with Gasteiger partial charge in [0.2, 0.25) is 4.96 Å². The lowest BCUT2D eigenvalue weighted by Gasteiger charge is -2.01. The first kappa shape index (κ1) is 25.0. The summed E-state index contributed by atoms with van der Waals surface area (Å²) in [5.41, 5.74) is 4.28. The zero-order chi connectivity index (χ0) is 26.8. The van der Waals surface area contributed by atoms with E-state index in [0.717, 1.165) is 38.3 Å². The van der Waals surface area contributed by atoms with E-state index in [1.807, 2.05) is 109 Å². The molecule has 0 aliphatic heterocycles. The molecule has 6 rings (SSSR count). The molecule has 9 heteroatoms. The average Bonchev–Trinajstić information content (AvgIpc) is 3.64. The van der Waals surface area contributed by atoms with E-state index in [9.17, 15) is 4.79 Å². The maximum atomic E-state index is 13.3. The van der Waals surface area contributed by atoms with Gasteiger partial charge in [-0.1, -0.05) is 75.8 Å². The summed E-state index contributed by atoms with van der Waals surface area (Å²) in [5.74, 6) is 1.30. The number of benzene rings is 3. The number of hydrogen-bond donors (Lipinski definition) is 0. The number of hydrogen-bond acceptors (Lipinski definition) is 6. The van der Waals surface area contributed by atoms with Gasteiger partial charge in [0.15, 0.2) is 5.82 Å². The number of aromatic nitrogens is 5. The van der Waals surface area contributed by atoms with Crippen molar-refractivity contribution in [2.75, 3.05) is 6.61 Å². The molecule has 0 atom stereocenters. The maximum absolute atomic E-state index is 13.3. The highest BCUT2D eigenvalue weighted by Gasteiger charge is 2.14.